The van der Waals surface area contributed by atoms with E-state index >= 15 is 0 Å². The second kappa shape index (κ2) is 8.66. The SMILES string of the molecule is CCSCSCCNC. The van der Waals surface area contributed by atoms with Gasteiger partial charge in [-0.1, -0.05) is 6.92 Å². The van der Waals surface area contributed by atoms with Crippen LogP contribution in [0.25, 0.3) is 0 Å². The molecule has 0 aromatic carbocycles. The molecule has 9 heavy (non-hydrogen) atoms. The van der Waals surface area contributed by atoms with Crippen LogP contribution >= 0.6 is 23.5 Å². The van der Waals surface area contributed by atoms with Crippen LogP contribution in [0, 0.1) is 0 Å². The van der Waals surface area contributed by atoms with Crippen LogP contribution in [-0.4, -0.2) is 30.2 Å². The molecule has 0 aliphatic heterocycles. The lowest BCUT2D eigenvalue weighted by Crippen LogP contribution is -2.09. The van der Waals surface area contributed by atoms with E-state index in [-0.39, 0.29) is 0 Å². The Morgan fingerprint density at radius 1 is 1.33 bits per heavy atom. The van der Waals surface area contributed by atoms with Gasteiger partial charge in [-0.05, 0) is 12.8 Å². The first-order valence-electron chi connectivity index (χ1n) is 3.22. The van der Waals surface area contributed by atoms with E-state index in [1.807, 2.05) is 30.6 Å². The van der Waals surface area contributed by atoms with E-state index in [0.29, 0.717) is 0 Å². The fourth-order valence-corrected chi connectivity index (χ4v) is 2.33. The van der Waals surface area contributed by atoms with Crippen molar-refractivity contribution in [3.63, 3.8) is 0 Å². The minimum absolute atomic E-state index is 1.13. The van der Waals surface area contributed by atoms with Crippen molar-refractivity contribution >= 4 is 23.5 Å². The first kappa shape index (κ1) is 9.66. The Morgan fingerprint density at radius 3 is 2.67 bits per heavy atom. The standard InChI is InChI=1S/C6H15NS2/c1-3-8-6-9-5-4-7-2/h7H,3-6H2,1-2H3. The van der Waals surface area contributed by atoms with Crippen molar-refractivity contribution in [3.05, 3.63) is 0 Å². The average Bonchev–Trinajstić information content (AvgIpc) is 1.89. The topological polar surface area (TPSA) is 12.0 Å². The second-order valence-corrected chi connectivity index (χ2v) is 4.37. The van der Waals surface area contributed by atoms with Gasteiger partial charge in [-0.15, -0.1) is 11.8 Å². The smallest absolute Gasteiger partial charge is 0.0392 e. The van der Waals surface area contributed by atoms with Gasteiger partial charge in [0.05, 0.1) is 0 Å². The van der Waals surface area contributed by atoms with Gasteiger partial charge in [0.25, 0.3) is 0 Å². The van der Waals surface area contributed by atoms with Gasteiger partial charge in [0, 0.05) is 17.4 Å². The Bertz CT molecular complexity index is 44.3. The van der Waals surface area contributed by atoms with E-state index in [0.717, 1.165) is 6.54 Å². The molecule has 56 valence electrons. The van der Waals surface area contributed by atoms with Gasteiger partial charge in [-0.3, -0.25) is 0 Å². The number of hydrogen-bond donors (Lipinski definition) is 1. The lowest BCUT2D eigenvalue weighted by molar-refractivity contribution is 0.872. The van der Waals surface area contributed by atoms with Crippen LogP contribution in [0.4, 0.5) is 0 Å². The Balaban J connectivity index is 2.60. The summed E-state index contributed by atoms with van der Waals surface area (Å²) in [6.07, 6.45) is 0. The molecule has 0 bridgehead atoms. The number of rotatable bonds is 6. The average molecular weight is 165 g/mol. The minimum atomic E-state index is 1.13. The molecular formula is C6H15NS2. The lowest BCUT2D eigenvalue weighted by Gasteiger charge is -1.97. The predicted molar refractivity (Wildman–Crippen MR) is 49.4 cm³/mol. The highest BCUT2D eigenvalue weighted by molar-refractivity contribution is 8.15. The Hall–Kier alpha value is 0.660. The summed E-state index contributed by atoms with van der Waals surface area (Å²) in [5.41, 5.74) is 0. The zero-order valence-electron chi connectivity index (χ0n) is 6.14. The van der Waals surface area contributed by atoms with Crippen molar-refractivity contribution in [2.45, 2.75) is 6.92 Å². The number of nitrogens with one attached hydrogen (secondary N) is 1. The number of thioether (sulfide) groups is 2. The van der Waals surface area contributed by atoms with E-state index in [1.54, 1.807) is 0 Å². The summed E-state index contributed by atoms with van der Waals surface area (Å²) in [5.74, 6) is 2.48. The first-order valence-corrected chi connectivity index (χ1v) is 5.52. The largest absolute Gasteiger partial charge is 0.319 e. The zero-order valence-corrected chi connectivity index (χ0v) is 7.78. The van der Waals surface area contributed by atoms with Crippen LogP contribution in [0.2, 0.25) is 0 Å². The molecule has 0 spiro atoms. The molecule has 0 aliphatic rings. The molecular weight excluding hydrogens is 150 g/mol. The fraction of sp³-hybridized carbons (Fsp3) is 1.00. The van der Waals surface area contributed by atoms with E-state index in [9.17, 15) is 0 Å². The molecule has 0 aromatic rings. The van der Waals surface area contributed by atoms with Crippen LogP contribution in [0.1, 0.15) is 6.92 Å². The third-order valence-electron chi connectivity index (χ3n) is 0.867. The second-order valence-electron chi connectivity index (χ2n) is 1.62. The van der Waals surface area contributed by atoms with Crippen molar-refractivity contribution in [3.8, 4) is 0 Å². The fourth-order valence-electron chi connectivity index (χ4n) is 0.375. The zero-order chi connectivity index (χ0) is 6.95. The van der Waals surface area contributed by atoms with Crippen molar-refractivity contribution < 1.29 is 0 Å². The van der Waals surface area contributed by atoms with E-state index < -0.39 is 0 Å². The third kappa shape index (κ3) is 8.66. The highest BCUT2D eigenvalue weighted by atomic mass is 32.2. The summed E-state index contributed by atoms with van der Waals surface area (Å²) < 4.78 is 0. The molecule has 0 radical (unpaired) electrons. The molecule has 0 fully saturated rings. The Kier molecular flexibility index (Phi) is 9.30. The molecule has 0 heterocycles. The van der Waals surface area contributed by atoms with Crippen molar-refractivity contribution in [2.24, 2.45) is 0 Å². The highest BCUT2D eigenvalue weighted by Crippen LogP contribution is 2.09. The van der Waals surface area contributed by atoms with E-state index in [1.165, 1.54) is 16.6 Å². The first-order chi connectivity index (χ1) is 4.41. The lowest BCUT2D eigenvalue weighted by atomic mass is 10.8. The van der Waals surface area contributed by atoms with Gasteiger partial charge in [-0.2, -0.15) is 11.8 Å². The predicted octanol–water partition coefficient (Wildman–Crippen LogP) is 1.65. The summed E-state index contributed by atoms with van der Waals surface area (Å²) in [5, 5.41) is 4.36. The van der Waals surface area contributed by atoms with E-state index in [4.69, 9.17) is 0 Å². The Morgan fingerprint density at radius 2 is 2.11 bits per heavy atom. The van der Waals surface area contributed by atoms with Crippen LogP contribution in [-0.2, 0) is 0 Å². The summed E-state index contributed by atoms with van der Waals surface area (Å²) in [7, 11) is 1.99. The summed E-state index contributed by atoms with van der Waals surface area (Å²) in [6.45, 7) is 3.33. The van der Waals surface area contributed by atoms with Crippen molar-refractivity contribution in [1.82, 2.24) is 5.32 Å². The molecule has 0 aliphatic carbocycles. The van der Waals surface area contributed by atoms with Gasteiger partial charge in [-0.25, -0.2) is 0 Å². The molecule has 0 saturated heterocycles. The van der Waals surface area contributed by atoms with Gasteiger partial charge >= 0.3 is 0 Å². The third-order valence-corrected chi connectivity index (χ3v) is 3.10. The normalized spacial score (nSPS) is 10.0. The van der Waals surface area contributed by atoms with Crippen molar-refractivity contribution in [2.75, 3.05) is 30.2 Å². The molecule has 0 saturated carbocycles. The molecule has 1 nitrogen and oxygen atoms in total. The van der Waals surface area contributed by atoms with Gasteiger partial charge in [0.2, 0.25) is 0 Å². The molecule has 0 unspecified atom stereocenters. The maximum Gasteiger partial charge on any atom is 0.0392 e. The maximum atomic E-state index is 3.11. The molecule has 0 amide bonds. The van der Waals surface area contributed by atoms with Gasteiger partial charge < -0.3 is 5.32 Å². The summed E-state index contributed by atoms with van der Waals surface area (Å²) >= 11 is 4.00. The summed E-state index contributed by atoms with van der Waals surface area (Å²) in [4.78, 5) is 0. The van der Waals surface area contributed by atoms with Crippen molar-refractivity contribution in [1.29, 1.82) is 0 Å². The van der Waals surface area contributed by atoms with Crippen LogP contribution < -0.4 is 5.32 Å². The number of hydrogen-bond acceptors (Lipinski definition) is 3. The van der Waals surface area contributed by atoms with Gasteiger partial charge in [0.1, 0.15) is 0 Å². The summed E-state index contributed by atoms with van der Waals surface area (Å²) in [6, 6.07) is 0. The minimum Gasteiger partial charge on any atom is -0.319 e. The molecule has 0 aromatic heterocycles. The molecule has 0 atom stereocenters. The Labute approximate surface area is 66.4 Å². The maximum absolute atomic E-state index is 3.11. The molecule has 1 N–H and O–H groups in total. The van der Waals surface area contributed by atoms with E-state index in [2.05, 4.69) is 12.2 Å². The molecule has 3 heteroatoms. The van der Waals surface area contributed by atoms with Crippen LogP contribution in [0.3, 0.4) is 0 Å². The molecule has 0 rings (SSSR count). The van der Waals surface area contributed by atoms with Crippen LogP contribution in [0.5, 0.6) is 0 Å². The highest BCUT2D eigenvalue weighted by Gasteiger charge is 1.85. The van der Waals surface area contributed by atoms with Crippen LogP contribution in [0.15, 0.2) is 0 Å². The quantitative estimate of drug-likeness (QED) is 0.475. The monoisotopic (exact) mass is 165 g/mol. The van der Waals surface area contributed by atoms with Gasteiger partial charge in [0.15, 0.2) is 0 Å².